The van der Waals surface area contributed by atoms with E-state index in [1.54, 1.807) is 48.5 Å². The van der Waals surface area contributed by atoms with Crippen LogP contribution >= 0.6 is 11.6 Å². The number of anilines is 1. The number of halogens is 1. The SMILES string of the molecule is CC(=O)Nc1ccc(/C=N/NC(=O)c2ccc(Cl)cc2)cc1. The smallest absolute Gasteiger partial charge is 0.271 e. The largest absolute Gasteiger partial charge is 0.326 e. The maximum atomic E-state index is 11.8. The Morgan fingerprint density at radius 2 is 1.68 bits per heavy atom. The first kappa shape index (κ1) is 15.7. The van der Waals surface area contributed by atoms with E-state index in [4.69, 9.17) is 11.6 Å². The number of hydrogen-bond acceptors (Lipinski definition) is 3. The van der Waals surface area contributed by atoms with Crippen molar-refractivity contribution in [3.63, 3.8) is 0 Å². The second-order valence-corrected chi connectivity index (χ2v) is 4.95. The molecule has 2 amide bonds. The first-order valence-electron chi connectivity index (χ1n) is 6.51. The number of hydrogen-bond donors (Lipinski definition) is 2. The maximum absolute atomic E-state index is 11.8. The van der Waals surface area contributed by atoms with Gasteiger partial charge in [0.1, 0.15) is 0 Å². The lowest BCUT2D eigenvalue weighted by molar-refractivity contribution is -0.114. The summed E-state index contributed by atoms with van der Waals surface area (Å²) in [6.45, 7) is 1.45. The lowest BCUT2D eigenvalue weighted by atomic mass is 10.2. The molecule has 0 aromatic heterocycles. The van der Waals surface area contributed by atoms with E-state index in [9.17, 15) is 9.59 Å². The van der Waals surface area contributed by atoms with E-state index in [2.05, 4.69) is 15.8 Å². The van der Waals surface area contributed by atoms with Gasteiger partial charge in [-0.25, -0.2) is 5.43 Å². The van der Waals surface area contributed by atoms with Gasteiger partial charge in [-0.15, -0.1) is 0 Å². The fraction of sp³-hybridized carbons (Fsp3) is 0.0625. The average Bonchev–Trinajstić information content (AvgIpc) is 2.49. The predicted octanol–water partition coefficient (Wildman–Crippen LogP) is 3.06. The van der Waals surface area contributed by atoms with Crippen LogP contribution in [0.4, 0.5) is 5.69 Å². The van der Waals surface area contributed by atoms with Gasteiger partial charge in [-0.1, -0.05) is 23.7 Å². The Balaban J connectivity index is 1.93. The van der Waals surface area contributed by atoms with Crippen LogP contribution in [0, 0.1) is 0 Å². The number of rotatable bonds is 4. The molecule has 0 heterocycles. The number of carbonyl (C=O) groups excluding carboxylic acids is 2. The molecular weight excluding hydrogens is 302 g/mol. The molecule has 22 heavy (non-hydrogen) atoms. The summed E-state index contributed by atoms with van der Waals surface area (Å²) in [5.41, 5.74) is 4.41. The Kier molecular flexibility index (Phi) is 5.27. The Morgan fingerprint density at radius 1 is 1.05 bits per heavy atom. The lowest BCUT2D eigenvalue weighted by Gasteiger charge is -2.02. The summed E-state index contributed by atoms with van der Waals surface area (Å²) in [7, 11) is 0. The molecule has 2 aromatic rings. The molecule has 0 spiro atoms. The molecular formula is C16H14ClN3O2. The molecule has 2 N–H and O–H groups in total. The number of carbonyl (C=O) groups is 2. The van der Waals surface area contributed by atoms with Gasteiger partial charge in [-0.2, -0.15) is 5.10 Å². The molecule has 0 radical (unpaired) electrons. The number of nitrogens with zero attached hydrogens (tertiary/aromatic N) is 1. The van der Waals surface area contributed by atoms with Crippen molar-refractivity contribution in [3.8, 4) is 0 Å². The summed E-state index contributed by atoms with van der Waals surface area (Å²) in [5, 5.41) is 7.12. The Labute approximate surface area is 133 Å². The van der Waals surface area contributed by atoms with Gasteiger partial charge >= 0.3 is 0 Å². The highest BCUT2D eigenvalue weighted by molar-refractivity contribution is 6.30. The van der Waals surface area contributed by atoms with Crippen molar-refractivity contribution in [2.24, 2.45) is 5.10 Å². The van der Waals surface area contributed by atoms with Gasteiger partial charge in [-0.05, 0) is 42.0 Å². The first-order chi connectivity index (χ1) is 10.5. The molecule has 0 aliphatic carbocycles. The van der Waals surface area contributed by atoms with E-state index >= 15 is 0 Å². The van der Waals surface area contributed by atoms with E-state index in [-0.39, 0.29) is 11.8 Å². The van der Waals surface area contributed by atoms with Gasteiger partial charge in [0.25, 0.3) is 5.91 Å². The van der Waals surface area contributed by atoms with Crippen molar-refractivity contribution in [2.45, 2.75) is 6.92 Å². The van der Waals surface area contributed by atoms with E-state index in [1.165, 1.54) is 13.1 Å². The van der Waals surface area contributed by atoms with Gasteiger partial charge in [0.05, 0.1) is 6.21 Å². The van der Waals surface area contributed by atoms with Crippen molar-refractivity contribution < 1.29 is 9.59 Å². The summed E-state index contributed by atoms with van der Waals surface area (Å²) >= 11 is 5.76. The molecule has 0 atom stereocenters. The van der Waals surface area contributed by atoms with E-state index < -0.39 is 0 Å². The minimum Gasteiger partial charge on any atom is -0.326 e. The van der Waals surface area contributed by atoms with Gasteiger partial charge < -0.3 is 5.32 Å². The standard InChI is InChI=1S/C16H14ClN3O2/c1-11(21)19-15-8-2-12(3-9-15)10-18-20-16(22)13-4-6-14(17)7-5-13/h2-10H,1H3,(H,19,21)(H,20,22)/b18-10+. The van der Waals surface area contributed by atoms with Crippen molar-refractivity contribution in [3.05, 3.63) is 64.7 Å². The van der Waals surface area contributed by atoms with E-state index in [1.807, 2.05) is 0 Å². The van der Waals surface area contributed by atoms with Crippen LogP contribution in [0.2, 0.25) is 5.02 Å². The fourth-order valence-electron chi connectivity index (χ4n) is 1.69. The quantitative estimate of drug-likeness (QED) is 0.672. The summed E-state index contributed by atoms with van der Waals surface area (Å²) in [6, 6.07) is 13.6. The summed E-state index contributed by atoms with van der Waals surface area (Å²) in [5.74, 6) is -0.445. The van der Waals surface area contributed by atoms with Crippen LogP contribution < -0.4 is 10.7 Å². The van der Waals surface area contributed by atoms with Crippen molar-refractivity contribution in [2.75, 3.05) is 5.32 Å². The molecule has 0 bridgehead atoms. The molecule has 0 aliphatic heterocycles. The van der Waals surface area contributed by atoms with E-state index in [0.29, 0.717) is 16.3 Å². The molecule has 0 unspecified atom stereocenters. The second kappa shape index (κ2) is 7.38. The van der Waals surface area contributed by atoms with Crippen LogP contribution in [0.5, 0.6) is 0 Å². The van der Waals surface area contributed by atoms with Crippen molar-refractivity contribution >= 4 is 35.3 Å². The normalized spacial score (nSPS) is 10.5. The second-order valence-electron chi connectivity index (χ2n) is 4.51. The minimum absolute atomic E-state index is 0.128. The van der Waals surface area contributed by atoms with Gasteiger partial charge in [-0.3, -0.25) is 9.59 Å². The minimum atomic E-state index is -0.317. The molecule has 0 fully saturated rings. The maximum Gasteiger partial charge on any atom is 0.271 e. The number of amides is 2. The Bertz CT molecular complexity index is 694. The Morgan fingerprint density at radius 3 is 2.27 bits per heavy atom. The topological polar surface area (TPSA) is 70.6 Å². The van der Waals surface area contributed by atoms with Crippen LogP contribution in [0.3, 0.4) is 0 Å². The third-order valence-electron chi connectivity index (χ3n) is 2.72. The zero-order valence-electron chi connectivity index (χ0n) is 11.8. The van der Waals surface area contributed by atoms with Crippen LogP contribution in [0.1, 0.15) is 22.8 Å². The van der Waals surface area contributed by atoms with Crippen LogP contribution in [0.15, 0.2) is 53.6 Å². The third kappa shape index (κ3) is 4.71. The average molecular weight is 316 g/mol. The monoisotopic (exact) mass is 315 g/mol. The van der Waals surface area contributed by atoms with Crippen LogP contribution in [-0.2, 0) is 4.79 Å². The fourth-order valence-corrected chi connectivity index (χ4v) is 1.81. The van der Waals surface area contributed by atoms with E-state index in [0.717, 1.165) is 5.56 Å². The van der Waals surface area contributed by atoms with Gasteiger partial charge in [0.15, 0.2) is 0 Å². The highest BCUT2D eigenvalue weighted by atomic mass is 35.5. The highest BCUT2D eigenvalue weighted by Crippen LogP contribution is 2.09. The zero-order valence-corrected chi connectivity index (χ0v) is 12.6. The van der Waals surface area contributed by atoms with Gasteiger partial charge in [0, 0.05) is 23.2 Å². The van der Waals surface area contributed by atoms with Crippen molar-refractivity contribution in [1.82, 2.24) is 5.43 Å². The molecule has 0 saturated heterocycles. The summed E-state index contributed by atoms with van der Waals surface area (Å²) in [6.07, 6.45) is 1.52. The summed E-state index contributed by atoms with van der Waals surface area (Å²) < 4.78 is 0. The summed E-state index contributed by atoms with van der Waals surface area (Å²) in [4.78, 5) is 22.7. The zero-order chi connectivity index (χ0) is 15.9. The van der Waals surface area contributed by atoms with Crippen LogP contribution in [0.25, 0.3) is 0 Å². The Hall–Kier alpha value is -2.66. The lowest BCUT2D eigenvalue weighted by Crippen LogP contribution is -2.17. The molecule has 6 heteroatoms. The number of benzene rings is 2. The van der Waals surface area contributed by atoms with Gasteiger partial charge in [0.2, 0.25) is 5.91 Å². The number of nitrogens with one attached hydrogen (secondary N) is 2. The number of hydrazone groups is 1. The van der Waals surface area contributed by atoms with Crippen molar-refractivity contribution in [1.29, 1.82) is 0 Å². The predicted molar refractivity (Wildman–Crippen MR) is 87.3 cm³/mol. The molecule has 2 aromatic carbocycles. The molecule has 112 valence electrons. The third-order valence-corrected chi connectivity index (χ3v) is 2.97. The molecule has 2 rings (SSSR count). The van der Waals surface area contributed by atoms with Crippen LogP contribution in [-0.4, -0.2) is 18.0 Å². The molecule has 0 saturated carbocycles. The first-order valence-corrected chi connectivity index (χ1v) is 6.89. The highest BCUT2D eigenvalue weighted by Gasteiger charge is 2.03. The molecule has 0 aliphatic rings. The molecule has 5 nitrogen and oxygen atoms in total.